The Morgan fingerprint density at radius 2 is 1.92 bits per heavy atom. The fraction of sp³-hybridized carbons (Fsp3) is 0.444. The molecule has 0 aliphatic heterocycles. The minimum absolute atomic E-state index is 0.0569. The molecule has 0 bridgehead atoms. The van der Waals surface area contributed by atoms with Crippen molar-refractivity contribution in [3.8, 4) is 0 Å². The molecular formula is C18H24F3N5. The zero-order valence-electron chi connectivity index (χ0n) is 15.0. The van der Waals surface area contributed by atoms with Gasteiger partial charge in [-0.25, -0.2) is 4.99 Å². The molecule has 0 saturated carbocycles. The number of hydrogen-bond donors (Lipinski definition) is 2. The van der Waals surface area contributed by atoms with Crippen LogP contribution in [0, 0.1) is 0 Å². The molecule has 1 aromatic carbocycles. The Morgan fingerprint density at radius 1 is 1.19 bits per heavy atom. The molecule has 8 heteroatoms. The number of hydrogen-bond acceptors (Lipinski definition) is 2. The van der Waals surface area contributed by atoms with E-state index in [1.165, 1.54) is 18.8 Å². The van der Waals surface area contributed by atoms with Gasteiger partial charge in [-0.15, -0.1) is 0 Å². The molecule has 0 atom stereocenters. The highest BCUT2D eigenvalue weighted by molar-refractivity contribution is 5.79. The van der Waals surface area contributed by atoms with Gasteiger partial charge in [-0.05, 0) is 25.3 Å². The first-order valence-electron chi connectivity index (χ1n) is 8.56. The van der Waals surface area contributed by atoms with E-state index >= 15 is 0 Å². The maximum absolute atomic E-state index is 13.0. The van der Waals surface area contributed by atoms with Gasteiger partial charge in [0.2, 0.25) is 0 Å². The third-order valence-electron chi connectivity index (χ3n) is 3.70. The second-order valence-corrected chi connectivity index (χ2v) is 5.89. The minimum atomic E-state index is -4.48. The van der Waals surface area contributed by atoms with Crippen molar-refractivity contribution in [3.05, 3.63) is 53.3 Å². The summed E-state index contributed by atoms with van der Waals surface area (Å²) >= 11 is 0. The zero-order valence-corrected chi connectivity index (χ0v) is 15.0. The summed E-state index contributed by atoms with van der Waals surface area (Å²) in [7, 11) is 1.47. The van der Waals surface area contributed by atoms with Crippen LogP contribution in [0.2, 0.25) is 0 Å². The number of aromatic nitrogens is 2. The Labute approximate surface area is 151 Å². The Bertz CT molecular complexity index is 707. The van der Waals surface area contributed by atoms with E-state index in [4.69, 9.17) is 0 Å². The molecule has 2 rings (SSSR count). The van der Waals surface area contributed by atoms with Crippen LogP contribution in [-0.2, 0) is 26.2 Å². The van der Waals surface area contributed by atoms with Crippen molar-refractivity contribution in [2.75, 3.05) is 13.1 Å². The van der Waals surface area contributed by atoms with Crippen molar-refractivity contribution >= 4 is 5.96 Å². The van der Waals surface area contributed by atoms with E-state index in [9.17, 15) is 13.2 Å². The standard InChI is InChI=1S/C18H24F3N5/c1-3-22-17(23-11-7-10-14-8-5-4-6-9-14)24-12-15-13-26(2)25-16(15)18(19,20)21/h4-6,8-9,13H,3,7,10-12H2,1-2H3,(H2,22,23,24). The second-order valence-electron chi connectivity index (χ2n) is 5.89. The number of benzene rings is 1. The van der Waals surface area contributed by atoms with Gasteiger partial charge in [-0.1, -0.05) is 30.3 Å². The fourth-order valence-electron chi connectivity index (χ4n) is 2.54. The Hall–Kier alpha value is -2.51. The number of aliphatic imine (C=N–C) groups is 1. The maximum atomic E-state index is 13.0. The quantitative estimate of drug-likeness (QED) is 0.449. The summed E-state index contributed by atoms with van der Waals surface area (Å²) < 4.78 is 40.1. The van der Waals surface area contributed by atoms with Crippen molar-refractivity contribution in [2.45, 2.75) is 32.5 Å². The fourth-order valence-corrected chi connectivity index (χ4v) is 2.54. The molecule has 0 radical (unpaired) electrons. The molecule has 0 unspecified atom stereocenters. The molecule has 1 aromatic heterocycles. The molecular weight excluding hydrogens is 343 g/mol. The van der Waals surface area contributed by atoms with Gasteiger partial charge in [0, 0.05) is 31.9 Å². The van der Waals surface area contributed by atoms with Crippen LogP contribution in [0.1, 0.15) is 30.2 Å². The van der Waals surface area contributed by atoms with Gasteiger partial charge in [0.15, 0.2) is 11.7 Å². The molecule has 5 nitrogen and oxygen atoms in total. The lowest BCUT2D eigenvalue weighted by molar-refractivity contribution is -0.142. The normalized spacial score (nSPS) is 12.3. The lowest BCUT2D eigenvalue weighted by Crippen LogP contribution is -2.37. The van der Waals surface area contributed by atoms with Crippen LogP contribution in [0.3, 0.4) is 0 Å². The third kappa shape index (κ3) is 6.09. The van der Waals surface area contributed by atoms with Gasteiger partial charge in [-0.2, -0.15) is 18.3 Å². The van der Waals surface area contributed by atoms with Crippen molar-refractivity contribution in [3.63, 3.8) is 0 Å². The monoisotopic (exact) mass is 367 g/mol. The summed E-state index contributed by atoms with van der Waals surface area (Å²) in [6.45, 7) is 3.13. The molecule has 26 heavy (non-hydrogen) atoms. The van der Waals surface area contributed by atoms with E-state index in [0.717, 1.165) is 17.5 Å². The molecule has 0 aliphatic rings. The molecule has 0 amide bonds. The molecule has 1 heterocycles. The van der Waals surface area contributed by atoms with Crippen LogP contribution in [0.15, 0.2) is 41.5 Å². The van der Waals surface area contributed by atoms with Crippen molar-refractivity contribution in [2.24, 2.45) is 12.0 Å². The average Bonchev–Trinajstić information content (AvgIpc) is 2.98. The summed E-state index contributed by atoms with van der Waals surface area (Å²) in [4.78, 5) is 4.26. The van der Waals surface area contributed by atoms with Gasteiger partial charge < -0.3 is 10.6 Å². The number of guanidine groups is 1. The van der Waals surface area contributed by atoms with Gasteiger partial charge in [-0.3, -0.25) is 4.68 Å². The Balaban J connectivity index is 1.92. The maximum Gasteiger partial charge on any atom is 0.435 e. The van der Waals surface area contributed by atoms with Crippen LogP contribution < -0.4 is 10.6 Å². The summed E-state index contributed by atoms with van der Waals surface area (Å²) in [5.74, 6) is 0.498. The molecule has 0 aliphatic carbocycles. The van der Waals surface area contributed by atoms with Crippen molar-refractivity contribution in [1.29, 1.82) is 0 Å². The van der Waals surface area contributed by atoms with Gasteiger partial charge >= 0.3 is 6.18 Å². The van der Waals surface area contributed by atoms with Crippen LogP contribution in [0.4, 0.5) is 13.2 Å². The van der Waals surface area contributed by atoms with Crippen molar-refractivity contribution < 1.29 is 13.2 Å². The summed E-state index contributed by atoms with van der Waals surface area (Å²) in [6.07, 6.45) is -1.30. The SMILES string of the molecule is CCNC(=NCc1cn(C)nc1C(F)(F)F)NCCCc1ccccc1. The lowest BCUT2D eigenvalue weighted by Gasteiger charge is -2.11. The summed E-state index contributed by atoms with van der Waals surface area (Å²) in [5.41, 5.74) is 0.423. The average molecular weight is 367 g/mol. The topological polar surface area (TPSA) is 54.2 Å². The van der Waals surface area contributed by atoms with E-state index < -0.39 is 11.9 Å². The number of halogens is 3. The predicted octanol–water partition coefficient (Wildman–Crippen LogP) is 3.13. The largest absolute Gasteiger partial charge is 0.435 e. The third-order valence-corrected chi connectivity index (χ3v) is 3.70. The Morgan fingerprint density at radius 3 is 2.58 bits per heavy atom. The summed E-state index contributed by atoms with van der Waals surface area (Å²) in [6, 6.07) is 10.1. The van der Waals surface area contributed by atoms with E-state index in [1.54, 1.807) is 0 Å². The highest BCUT2D eigenvalue weighted by Crippen LogP contribution is 2.30. The molecule has 2 aromatic rings. The van der Waals surface area contributed by atoms with Crippen molar-refractivity contribution in [1.82, 2.24) is 20.4 Å². The number of alkyl halides is 3. The number of nitrogens with one attached hydrogen (secondary N) is 2. The summed E-state index contributed by atoms with van der Waals surface area (Å²) in [5, 5.41) is 9.70. The smallest absolute Gasteiger partial charge is 0.357 e. The number of rotatable bonds is 7. The second kappa shape index (κ2) is 9.26. The predicted molar refractivity (Wildman–Crippen MR) is 95.8 cm³/mol. The zero-order chi connectivity index (χ0) is 19.0. The molecule has 0 spiro atoms. The van der Waals surface area contributed by atoms with E-state index in [1.807, 2.05) is 25.1 Å². The number of aryl methyl sites for hydroxylation is 2. The molecule has 142 valence electrons. The van der Waals surface area contributed by atoms with Crippen LogP contribution in [0.25, 0.3) is 0 Å². The van der Waals surface area contributed by atoms with Gasteiger partial charge in [0.05, 0.1) is 6.54 Å². The highest BCUT2D eigenvalue weighted by Gasteiger charge is 2.36. The Kier molecular flexibility index (Phi) is 7.06. The first kappa shape index (κ1) is 19.8. The van der Waals surface area contributed by atoms with E-state index in [2.05, 4.69) is 32.9 Å². The van der Waals surface area contributed by atoms with Gasteiger partial charge in [0.1, 0.15) is 0 Å². The van der Waals surface area contributed by atoms with Crippen LogP contribution in [-0.4, -0.2) is 28.8 Å². The highest BCUT2D eigenvalue weighted by atomic mass is 19.4. The minimum Gasteiger partial charge on any atom is -0.357 e. The van der Waals surface area contributed by atoms with E-state index in [-0.39, 0.29) is 12.1 Å². The molecule has 0 fully saturated rings. The van der Waals surface area contributed by atoms with Crippen LogP contribution in [0.5, 0.6) is 0 Å². The number of nitrogens with zero attached hydrogens (tertiary/aromatic N) is 3. The van der Waals surface area contributed by atoms with E-state index in [0.29, 0.717) is 19.0 Å². The lowest BCUT2D eigenvalue weighted by atomic mass is 10.1. The first-order valence-corrected chi connectivity index (χ1v) is 8.56. The molecule has 0 saturated heterocycles. The van der Waals surface area contributed by atoms with Gasteiger partial charge in [0.25, 0.3) is 0 Å². The molecule has 2 N–H and O–H groups in total. The van der Waals surface area contributed by atoms with Crippen LogP contribution >= 0.6 is 0 Å². The first-order chi connectivity index (χ1) is 12.4.